The van der Waals surface area contributed by atoms with Crippen molar-refractivity contribution in [1.29, 1.82) is 0 Å². The molecule has 326 valence electrons. The van der Waals surface area contributed by atoms with Gasteiger partial charge in [0.05, 0.1) is 5.54 Å². The smallest absolute Gasteiger partial charge is 0.245 e. The third kappa shape index (κ3) is 8.40. The molecule has 9 rings (SSSR count). The van der Waals surface area contributed by atoms with Gasteiger partial charge in [0.25, 0.3) is 0 Å². The quantitative estimate of drug-likeness (QED) is 0.178. The molecule has 0 aromatic heterocycles. The first-order valence-electron chi connectivity index (χ1n) is 24.1. The van der Waals surface area contributed by atoms with Gasteiger partial charge in [0.15, 0.2) is 22.5 Å². The van der Waals surface area contributed by atoms with Crippen molar-refractivity contribution in [2.24, 2.45) is 18.3 Å². The molecule has 0 unspecified atom stereocenters. The van der Waals surface area contributed by atoms with Crippen LogP contribution in [0.3, 0.4) is 0 Å². The Morgan fingerprint density at radius 2 is 0.404 bits per heavy atom. The summed E-state index contributed by atoms with van der Waals surface area (Å²) in [6.45, 7) is 28.1. The second-order valence-corrected chi connectivity index (χ2v) is 31.4. The highest BCUT2D eigenvalue weighted by atomic mass is 31.3. The molecule has 0 aromatic carbocycles. The molecule has 13 nitrogen and oxygen atoms in total. The molecule has 9 aliphatic heterocycles. The predicted octanol–water partition coefficient (Wildman–Crippen LogP) is 10.4. The summed E-state index contributed by atoms with van der Waals surface area (Å²) in [5, 5.41) is 0. The van der Waals surface area contributed by atoms with Gasteiger partial charge in [0.2, 0.25) is 0 Å². The normalized spacial score (nSPS) is 28.6. The van der Waals surface area contributed by atoms with E-state index in [0.29, 0.717) is 0 Å². The van der Waals surface area contributed by atoms with Crippen molar-refractivity contribution < 1.29 is 0 Å². The monoisotopic (exact) mass is 868 g/mol. The van der Waals surface area contributed by atoms with Crippen LogP contribution in [0.1, 0.15) is 136 Å². The van der Waals surface area contributed by atoms with Crippen LogP contribution in [0.2, 0.25) is 0 Å². The Morgan fingerprint density at radius 1 is 0.263 bits per heavy atom. The Bertz CT molecular complexity index is 1260. The Balaban J connectivity index is 1.47. The van der Waals surface area contributed by atoms with Gasteiger partial charge in [-0.05, 0) is 136 Å². The average Bonchev–Trinajstić information content (AvgIpc) is 4.08. The molecule has 0 radical (unpaired) electrons. The lowest BCUT2D eigenvalue weighted by molar-refractivity contribution is 0.383. The molecule has 0 aromatic rings. The molecule has 57 heavy (non-hydrogen) atoms. The maximum atomic E-state index is 6.96. The van der Waals surface area contributed by atoms with Crippen molar-refractivity contribution in [3.8, 4) is 0 Å². The fourth-order valence-electron chi connectivity index (χ4n) is 11.8. The van der Waals surface area contributed by atoms with Crippen LogP contribution in [-0.2, 0) is 0 Å². The van der Waals surface area contributed by atoms with E-state index in [1.54, 1.807) is 0 Å². The van der Waals surface area contributed by atoms with Gasteiger partial charge in [0.1, 0.15) is 0 Å². The van der Waals surface area contributed by atoms with E-state index in [2.05, 4.69) is 62.8 Å². The molecule has 0 amide bonds. The first kappa shape index (κ1) is 42.8. The fraction of sp³-hybridized carbons (Fsp3) is 1.00. The highest BCUT2D eigenvalue weighted by molar-refractivity contribution is 7.80. The Kier molecular flexibility index (Phi) is 13.8. The lowest BCUT2D eigenvalue weighted by atomic mass is 10.1. The first-order valence-corrected chi connectivity index (χ1v) is 30.5. The minimum atomic E-state index is -3.18. The van der Waals surface area contributed by atoms with Crippen molar-refractivity contribution in [2.45, 2.75) is 142 Å². The van der Waals surface area contributed by atoms with Gasteiger partial charge in [-0.25, -0.2) is 46.8 Å². The van der Waals surface area contributed by atoms with Gasteiger partial charge in [-0.3, -0.25) is 0 Å². The zero-order valence-corrected chi connectivity index (χ0v) is 40.1. The Hall–Kier alpha value is 0.560. The van der Waals surface area contributed by atoms with Crippen LogP contribution >= 0.6 is 30.0 Å². The lowest BCUT2D eigenvalue weighted by Gasteiger charge is -2.50. The van der Waals surface area contributed by atoms with Gasteiger partial charge in [-0.15, -0.1) is 0 Å². The van der Waals surface area contributed by atoms with Crippen LogP contribution in [0.15, 0.2) is 18.3 Å². The van der Waals surface area contributed by atoms with Crippen molar-refractivity contribution in [2.75, 3.05) is 118 Å². The zero-order chi connectivity index (χ0) is 39.0. The first-order chi connectivity index (χ1) is 27.8. The molecule has 0 saturated carbocycles. The highest BCUT2D eigenvalue weighted by Crippen LogP contribution is 2.82. The number of nitrogens with zero attached hydrogens (tertiary/aromatic N) is 13. The summed E-state index contributed by atoms with van der Waals surface area (Å²) in [6.07, 6.45) is 23.1. The third-order valence-corrected chi connectivity index (χ3v) is 31.4. The standard InChI is InChI=1S/C40H81N13P4/c1-40(2,3)41-54(42-55(45-22-4-5-23-45,46-24-6-7-25-46)47-26-8-9-27-47,43-56(48-28-10-11-29-48,49-30-12-13-31-49)50-32-14-15-33-50)44-57(51-34-16-17-35-51,52-36-18-19-37-52)53-38-20-21-39-53/h4-39H2,1-3H3. The summed E-state index contributed by atoms with van der Waals surface area (Å²) in [5.74, 6) is 0. The molecular formula is C40H81N13P4. The minimum Gasteiger partial charge on any atom is -0.245 e. The predicted molar refractivity (Wildman–Crippen MR) is 244 cm³/mol. The van der Waals surface area contributed by atoms with Crippen LogP contribution in [-0.4, -0.2) is 165 Å². The van der Waals surface area contributed by atoms with E-state index < -0.39 is 30.0 Å². The van der Waals surface area contributed by atoms with E-state index >= 15 is 0 Å². The average molecular weight is 868 g/mol. The summed E-state index contributed by atoms with van der Waals surface area (Å²) in [4.78, 5) is 0. The van der Waals surface area contributed by atoms with E-state index in [0.717, 1.165) is 118 Å². The van der Waals surface area contributed by atoms with Crippen molar-refractivity contribution in [1.82, 2.24) is 42.0 Å². The van der Waals surface area contributed by atoms with Gasteiger partial charge in [0, 0.05) is 118 Å². The maximum Gasteiger partial charge on any atom is 0.306 e. The molecular weight excluding hydrogens is 786 g/mol. The molecule has 0 spiro atoms. The Morgan fingerprint density at radius 3 is 0.526 bits per heavy atom. The summed E-state index contributed by atoms with van der Waals surface area (Å²) in [6, 6.07) is 0. The summed E-state index contributed by atoms with van der Waals surface area (Å²) in [5.41, 5.74) is -0.325. The topological polar surface area (TPSA) is 78.6 Å². The zero-order valence-electron chi connectivity index (χ0n) is 36.6. The van der Waals surface area contributed by atoms with Gasteiger partial charge >= 0.3 is 7.51 Å². The van der Waals surface area contributed by atoms with Crippen molar-refractivity contribution in [3.63, 3.8) is 0 Å². The largest absolute Gasteiger partial charge is 0.306 e. The second kappa shape index (κ2) is 18.3. The molecule has 0 aliphatic carbocycles. The van der Waals surface area contributed by atoms with E-state index in [1.165, 1.54) is 116 Å². The minimum absolute atomic E-state index is 0.325. The van der Waals surface area contributed by atoms with E-state index in [1.807, 2.05) is 0 Å². The molecule has 0 N–H and O–H groups in total. The van der Waals surface area contributed by atoms with Crippen molar-refractivity contribution >= 4 is 30.0 Å². The molecule has 9 fully saturated rings. The molecule has 17 heteroatoms. The van der Waals surface area contributed by atoms with Crippen LogP contribution in [0.5, 0.6) is 0 Å². The van der Waals surface area contributed by atoms with Gasteiger partial charge in [-0.1, -0.05) is 0 Å². The molecule has 9 saturated heterocycles. The Labute approximate surface area is 348 Å². The second-order valence-electron chi connectivity index (χ2n) is 19.6. The van der Waals surface area contributed by atoms with Crippen LogP contribution < -0.4 is 0 Å². The SMILES string of the molecule is CC(C)(C)N=P(N=P(N1CCCC1)(N1CCCC1)N1CCCC1)(N=P(N1CCCC1)(N1CCCC1)N1CCCC1)N=P(N1CCCC1)(N1CCCC1)N1CCCC1. The van der Waals surface area contributed by atoms with Gasteiger partial charge < -0.3 is 0 Å². The van der Waals surface area contributed by atoms with Crippen LogP contribution in [0.25, 0.3) is 0 Å². The van der Waals surface area contributed by atoms with Gasteiger partial charge in [-0.2, -0.15) is 13.5 Å². The van der Waals surface area contributed by atoms with E-state index in [9.17, 15) is 0 Å². The number of hydrogen-bond donors (Lipinski definition) is 0. The molecule has 9 aliphatic rings. The maximum absolute atomic E-state index is 6.96. The fourth-order valence-corrected chi connectivity index (χ4v) is 33.0. The van der Waals surface area contributed by atoms with E-state index in [-0.39, 0.29) is 5.54 Å². The summed E-state index contributed by atoms with van der Waals surface area (Å²) < 4.78 is 54.0. The number of rotatable bonds is 12. The third-order valence-electron chi connectivity index (χ3n) is 14.3. The summed E-state index contributed by atoms with van der Waals surface area (Å²) >= 11 is 0. The molecule has 0 atom stereocenters. The summed E-state index contributed by atoms with van der Waals surface area (Å²) in [7, 11) is -10.4. The lowest BCUT2D eigenvalue weighted by Crippen LogP contribution is -2.39. The van der Waals surface area contributed by atoms with Crippen LogP contribution in [0.4, 0.5) is 0 Å². The van der Waals surface area contributed by atoms with E-state index in [4.69, 9.17) is 18.3 Å². The molecule has 0 bridgehead atoms. The van der Waals surface area contributed by atoms with Crippen LogP contribution in [0, 0.1) is 0 Å². The number of hydrogen-bond acceptors (Lipinski definition) is 1. The van der Waals surface area contributed by atoms with Crippen molar-refractivity contribution in [3.05, 3.63) is 0 Å². The highest BCUT2D eigenvalue weighted by Gasteiger charge is 2.52. The molecule has 9 heterocycles.